The van der Waals surface area contributed by atoms with Gasteiger partial charge in [-0.2, -0.15) is 0 Å². The highest BCUT2D eigenvalue weighted by Gasteiger charge is 2.28. The maximum atomic E-state index is 5.10. The molecule has 2 aliphatic rings. The highest BCUT2D eigenvalue weighted by atomic mass is 15.0. The molecular weight excluding hydrogens is 426 g/mol. The first-order valence-electron chi connectivity index (χ1n) is 12.2. The molecule has 3 aromatic heterocycles. The van der Waals surface area contributed by atoms with Gasteiger partial charge in [0.15, 0.2) is 0 Å². The molecule has 0 radical (unpaired) electrons. The molecule has 0 amide bonds. The van der Waals surface area contributed by atoms with Crippen molar-refractivity contribution in [2.75, 3.05) is 0 Å². The Hall–Kier alpha value is -4.50. The van der Waals surface area contributed by atoms with E-state index in [-0.39, 0.29) is 0 Å². The van der Waals surface area contributed by atoms with Crippen molar-refractivity contribution in [3.8, 4) is 22.3 Å². The van der Waals surface area contributed by atoms with Crippen molar-refractivity contribution in [1.29, 1.82) is 0 Å². The summed E-state index contributed by atoms with van der Waals surface area (Å²) in [7, 11) is 0. The van der Waals surface area contributed by atoms with Crippen LogP contribution in [0.2, 0.25) is 0 Å². The molecule has 3 heterocycles. The summed E-state index contributed by atoms with van der Waals surface area (Å²) in [6, 6.07) is 30.9. The summed E-state index contributed by atoms with van der Waals surface area (Å²) in [6.07, 6.45) is 3.92. The lowest BCUT2D eigenvalue weighted by molar-refractivity contribution is 1.21. The lowest BCUT2D eigenvalue weighted by Crippen LogP contribution is -1.95. The molecule has 0 bridgehead atoms. The molecule has 0 saturated heterocycles. The second-order valence-corrected chi connectivity index (χ2v) is 9.83. The number of benzene rings is 4. The van der Waals surface area contributed by atoms with E-state index >= 15 is 0 Å². The van der Waals surface area contributed by atoms with Gasteiger partial charge < -0.3 is 0 Å². The Morgan fingerprint density at radius 2 is 1.46 bits per heavy atom. The third-order valence-corrected chi connectivity index (χ3v) is 8.03. The molecule has 2 aliphatic carbocycles. The predicted octanol–water partition coefficient (Wildman–Crippen LogP) is 7.33. The molecule has 0 aliphatic heterocycles. The topological polar surface area (TPSA) is 30.2 Å². The van der Waals surface area contributed by atoms with Crippen LogP contribution >= 0.6 is 0 Å². The van der Waals surface area contributed by atoms with Gasteiger partial charge in [-0.25, -0.2) is 4.98 Å². The highest BCUT2D eigenvalue weighted by Crippen LogP contribution is 2.48. The van der Waals surface area contributed by atoms with Crippen LogP contribution in [-0.2, 0) is 12.8 Å². The van der Waals surface area contributed by atoms with Crippen LogP contribution in [0.4, 0.5) is 0 Å². The fourth-order valence-electron chi connectivity index (χ4n) is 6.57. The summed E-state index contributed by atoms with van der Waals surface area (Å²) >= 11 is 0. The molecule has 0 fully saturated rings. The molecule has 9 rings (SSSR count). The molecule has 0 atom stereocenters. The number of para-hydroxylation sites is 2. The first kappa shape index (κ1) is 17.9. The van der Waals surface area contributed by atoms with Crippen molar-refractivity contribution in [3.63, 3.8) is 0 Å². The van der Waals surface area contributed by atoms with Gasteiger partial charge in [-0.15, -0.1) is 0 Å². The van der Waals surface area contributed by atoms with Crippen molar-refractivity contribution in [1.82, 2.24) is 14.4 Å². The van der Waals surface area contributed by atoms with Crippen molar-refractivity contribution >= 4 is 38.5 Å². The summed E-state index contributed by atoms with van der Waals surface area (Å²) in [5.74, 6) is 0. The first-order valence-corrected chi connectivity index (χ1v) is 12.2. The average molecular weight is 446 g/mol. The van der Waals surface area contributed by atoms with Crippen LogP contribution in [0.1, 0.15) is 22.3 Å². The smallest absolute Gasteiger partial charge is 0.146 e. The minimum Gasteiger partial charge on any atom is -0.290 e. The number of hydrogen-bond acceptors (Lipinski definition) is 2. The average Bonchev–Trinajstić information content (AvgIpc) is 3.58. The van der Waals surface area contributed by atoms with E-state index in [2.05, 4.69) is 83.3 Å². The number of pyridine rings is 2. The lowest BCUT2D eigenvalue weighted by Gasteiger charge is -2.13. The molecular formula is C32H19N3. The third-order valence-electron chi connectivity index (χ3n) is 8.03. The SMILES string of the molecule is c1ccc2c(c1)Cc1cc3c(cc1-2)-c1c(ccc2c1c1ncccc1n1c4ccccc4nc21)C3. The molecule has 0 saturated carbocycles. The lowest BCUT2D eigenvalue weighted by atomic mass is 9.94. The van der Waals surface area contributed by atoms with Gasteiger partial charge in [-0.3, -0.25) is 9.38 Å². The van der Waals surface area contributed by atoms with Gasteiger partial charge in [0, 0.05) is 17.0 Å². The van der Waals surface area contributed by atoms with Crippen LogP contribution in [-0.4, -0.2) is 14.4 Å². The number of aromatic nitrogens is 3. The summed E-state index contributed by atoms with van der Waals surface area (Å²) in [4.78, 5) is 10.1. The number of hydrogen-bond donors (Lipinski definition) is 0. The van der Waals surface area contributed by atoms with Gasteiger partial charge in [0.05, 0.1) is 22.1 Å². The Kier molecular flexibility index (Phi) is 3.14. The highest BCUT2D eigenvalue weighted by molar-refractivity contribution is 6.19. The fourth-order valence-corrected chi connectivity index (χ4v) is 6.57. The molecule has 0 unspecified atom stereocenters. The van der Waals surface area contributed by atoms with Gasteiger partial charge in [-0.1, -0.05) is 54.6 Å². The van der Waals surface area contributed by atoms with E-state index in [0.29, 0.717) is 0 Å². The van der Waals surface area contributed by atoms with Gasteiger partial charge in [0.2, 0.25) is 0 Å². The van der Waals surface area contributed by atoms with Gasteiger partial charge in [0.25, 0.3) is 0 Å². The number of imidazole rings is 1. The number of rotatable bonds is 0. The second kappa shape index (κ2) is 6.13. The van der Waals surface area contributed by atoms with Crippen LogP contribution in [0.15, 0.2) is 91.1 Å². The monoisotopic (exact) mass is 445 g/mol. The quantitative estimate of drug-likeness (QED) is 0.229. The first-order chi connectivity index (χ1) is 17.3. The van der Waals surface area contributed by atoms with Gasteiger partial charge >= 0.3 is 0 Å². The minimum atomic E-state index is 0.972. The van der Waals surface area contributed by atoms with Gasteiger partial charge in [-0.05, 0) is 87.7 Å². The van der Waals surface area contributed by atoms with Crippen molar-refractivity contribution < 1.29 is 0 Å². The zero-order chi connectivity index (χ0) is 22.7. The molecule has 35 heavy (non-hydrogen) atoms. The Morgan fingerprint density at radius 3 is 2.46 bits per heavy atom. The predicted molar refractivity (Wildman–Crippen MR) is 142 cm³/mol. The summed E-state index contributed by atoms with van der Waals surface area (Å²) in [5, 5.41) is 2.39. The Morgan fingerprint density at radius 1 is 0.629 bits per heavy atom. The zero-order valence-electron chi connectivity index (χ0n) is 18.9. The van der Waals surface area contributed by atoms with E-state index in [4.69, 9.17) is 9.97 Å². The summed E-state index contributed by atoms with van der Waals surface area (Å²) in [6.45, 7) is 0. The van der Waals surface area contributed by atoms with Crippen LogP contribution in [0.3, 0.4) is 0 Å². The Bertz CT molecular complexity index is 2060. The van der Waals surface area contributed by atoms with Crippen molar-refractivity contribution in [2.24, 2.45) is 0 Å². The van der Waals surface area contributed by atoms with Crippen LogP contribution < -0.4 is 0 Å². The molecule has 3 heteroatoms. The summed E-state index contributed by atoms with van der Waals surface area (Å²) < 4.78 is 2.28. The molecule has 3 nitrogen and oxygen atoms in total. The second-order valence-electron chi connectivity index (χ2n) is 9.83. The van der Waals surface area contributed by atoms with Crippen LogP contribution in [0.5, 0.6) is 0 Å². The van der Waals surface area contributed by atoms with E-state index < -0.39 is 0 Å². The van der Waals surface area contributed by atoms with E-state index in [9.17, 15) is 0 Å². The van der Waals surface area contributed by atoms with E-state index in [1.54, 1.807) is 0 Å². The largest absolute Gasteiger partial charge is 0.290 e. The molecule has 162 valence electrons. The van der Waals surface area contributed by atoms with Crippen molar-refractivity contribution in [2.45, 2.75) is 12.8 Å². The zero-order valence-corrected chi connectivity index (χ0v) is 18.9. The molecule has 4 aromatic carbocycles. The Labute approximate surface area is 201 Å². The van der Waals surface area contributed by atoms with E-state index in [0.717, 1.165) is 40.6 Å². The molecule has 0 N–H and O–H groups in total. The Balaban J connectivity index is 1.46. The van der Waals surface area contributed by atoms with Crippen molar-refractivity contribution in [3.05, 3.63) is 113 Å². The standard InChI is InChI=1S/C32H19N3/c1-2-7-22-18(6-1)14-20-16-21-15-19-11-12-23-30(29(19)25(21)17-24(20)22)31-28(10-5-13-33-31)35-27-9-4-3-8-26(27)34-32(23)35/h1-13,16-17H,14-15H2. The van der Waals surface area contributed by atoms with Crippen LogP contribution in [0.25, 0.3) is 60.7 Å². The fraction of sp³-hybridized carbons (Fsp3) is 0.0625. The molecule has 7 aromatic rings. The maximum absolute atomic E-state index is 5.10. The minimum absolute atomic E-state index is 0.972. The maximum Gasteiger partial charge on any atom is 0.146 e. The third kappa shape index (κ3) is 2.17. The van der Waals surface area contributed by atoms with Crippen LogP contribution in [0, 0.1) is 0 Å². The summed E-state index contributed by atoms with van der Waals surface area (Å²) in [5.41, 5.74) is 16.4. The van der Waals surface area contributed by atoms with E-state index in [1.165, 1.54) is 55.3 Å². The van der Waals surface area contributed by atoms with E-state index in [1.807, 2.05) is 12.3 Å². The number of nitrogens with zero attached hydrogens (tertiary/aromatic N) is 3. The number of fused-ring (bicyclic) bond motifs is 15. The molecule has 0 spiro atoms. The van der Waals surface area contributed by atoms with Gasteiger partial charge in [0.1, 0.15) is 5.65 Å². The normalized spacial score (nSPS) is 13.5.